The van der Waals surface area contributed by atoms with Crippen molar-refractivity contribution < 1.29 is 9.13 Å². The van der Waals surface area contributed by atoms with Crippen LogP contribution >= 0.6 is 0 Å². The maximum absolute atomic E-state index is 13.3. The van der Waals surface area contributed by atoms with E-state index in [1.807, 2.05) is 0 Å². The van der Waals surface area contributed by atoms with Crippen molar-refractivity contribution in [1.82, 2.24) is 5.32 Å². The molecule has 18 heavy (non-hydrogen) atoms. The lowest BCUT2D eigenvalue weighted by Crippen LogP contribution is -2.33. The van der Waals surface area contributed by atoms with Crippen LogP contribution in [0.25, 0.3) is 0 Å². The van der Waals surface area contributed by atoms with E-state index in [1.54, 1.807) is 12.1 Å². The average Bonchev–Trinajstić information content (AvgIpc) is 2.29. The van der Waals surface area contributed by atoms with Gasteiger partial charge in [0.2, 0.25) is 0 Å². The summed E-state index contributed by atoms with van der Waals surface area (Å²) in [5.74, 6) is 1.25. The molecule has 1 aromatic rings. The summed E-state index contributed by atoms with van der Waals surface area (Å²) in [5.41, 5.74) is 0.955. The Bertz CT molecular complexity index is 405. The van der Waals surface area contributed by atoms with Gasteiger partial charge in [0, 0.05) is 18.0 Å². The highest BCUT2D eigenvalue weighted by Gasteiger charge is 2.28. The van der Waals surface area contributed by atoms with Crippen LogP contribution in [-0.4, -0.2) is 12.6 Å². The molecule has 0 spiro atoms. The largest absolute Gasteiger partial charge is 0.490 e. The van der Waals surface area contributed by atoms with Crippen LogP contribution in [0.1, 0.15) is 45.2 Å². The summed E-state index contributed by atoms with van der Waals surface area (Å²) in [6.45, 7) is 7.36. The Morgan fingerprint density at radius 3 is 2.89 bits per heavy atom. The monoisotopic (exact) mass is 251 g/mol. The Balaban J connectivity index is 2.22. The zero-order chi connectivity index (χ0) is 13.1. The molecule has 0 aliphatic carbocycles. The Labute approximate surface area is 109 Å². The summed E-state index contributed by atoms with van der Waals surface area (Å²) in [7, 11) is 0. The quantitative estimate of drug-likeness (QED) is 0.881. The molecule has 3 heteroatoms. The summed E-state index contributed by atoms with van der Waals surface area (Å²) in [4.78, 5) is 0. The Morgan fingerprint density at radius 1 is 1.44 bits per heavy atom. The van der Waals surface area contributed by atoms with Crippen LogP contribution in [0.15, 0.2) is 18.2 Å². The van der Waals surface area contributed by atoms with E-state index in [0.29, 0.717) is 5.92 Å². The molecule has 1 aliphatic rings. The molecule has 2 rings (SSSR count). The van der Waals surface area contributed by atoms with Gasteiger partial charge >= 0.3 is 0 Å². The van der Waals surface area contributed by atoms with Crippen LogP contribution in [0.3, 0.4) is 0 Å². The summed E-state index contributed by atoms with van der Waals surface area (Å²) in [5, 5.41) is 3.42. The van der Waals surface area contributed by atoms with Crippen LogP contribution in [0, 0.1) is 11.7 Å². The smallest absolute Gasteiger partial charge is 0.124 e. The third kappa shape index (κ3) is 3.02. The van der Waals surface area contributed by atoms with Gasteiger partial charge in [-0.1, -0.05) is 20.8 Å². The summed E-state index contributed by atoms with van der Waals surface area (Å²) < 4.78 is 19.3. The molecule has 2 unspecified atom stereocenters. The fourth-order valence-corrected chi connectivity index (χ4v) is 2.63. The molecule has 2 nitrogen and oxygen atoms in total. The molecule has 0 saturated carbocycles. The Morgan fingerprint density at radius 2 is 2.22 bits per heavy atom. The number of hydrogen-bond donors (Lipinski definition) is 1. The third-order valence-corrected chi connectivity index (χ3v) is 3.32. The minimum Gasteiger partial charge on any atom is -0.490 e. The fourth-order valence-electron chi connectivity index (χ4n) is 2.63. The molecule has 2 atom stereocenters. The molecule has 0 amide bonds. The van der Waals surface area contributed by atoms with Gasteiger partial charge in [-0.3, -0.25) is 0 Å². The molecule has 1 N–H and O–H groups in total. The van der Waals surface area contributed by atoms with E-state index in [0.717, 1.165) is 30.7 Å². The van der Waals surface area contributed by atoms with Gasteiger partial charge in [-0.05, 0) is 37.1 Å². The Kier molecular flexibility index (Phi) is 4.23. The van der Waals surface area contributed by atoms with E-state index in [-0.39, 0.29) is 18.0 Å². The lowest BCUT2D eigenvalue weighted by atomic mass is 9.92. The molecule has 0 aromatic heterocycles. The number of halogens is 1. The van der Waals surface area contributed by atoms with E-state index in [4.69, 9.17) is 4.74 Å². The van der Waals surface area contributed by atoms with Crippen LogP contribution in [-0.2, 0) is 0 Å². The molecule has 0 fully saturated rings. The Hall–Kier alpha value is -1.09. The molecule has 0 radical (unpaired) electrons. The normalized spacial score (nSPS) is 22.7. The van der Waals surface area contributed by atoms with Crippen molar-refractivity contribution in [3.8, 4) is 5.75 Å². The number of rotatable bonds is 4. The second-order valence-corrected chi connectivity index (χ2v) is 5.40. The molecule has 100 valence electrons. The van der Waals surface area contributed by atoms with Crippen molar-refractivity contribution in [3.05, 3.63) is 29.6 Å². The molecule has 1 aliphatic heterocycles. The van der Waals surface area contributed by atoms with Crippen LogP contribution in [0.4, 0.5) is 4.39 Å². The number of benzene rings is 1. The lowest BCUT2D eigenvalue weighted by molar-refractivity contribution is 0.128. The topological polar surface area (TPSA) is 21.3 Å². The van der Waals surface area contributed by atoms with Gasteiger partial charge in [0.25, 0.3) is 0 Å². The molecular weight excluding hydrogens is 229 g/mol. The van der Waals surface area contributed by atoms with Crippen molar-refractivity contribution in [1.29, 1.82) is 0 Å². The summed E-state index contributed by atoms with van der Waals surface area (Å²) in [6.07, 6.45) is 2.19. The predicted octanol–water partition coefficient (Wildman–Crippen LogP) is 3.67. The first-order valence-electron chi connectivity index (χ1n) is 6.79. The van der Waals surface area contributed by atoms with E-state index in [9.17, 15) is 4.39 Å². The second kappa shape index (κ2) is 5.70. The molecular formula is C15H22FNO. The molecule has 0 saturated heterocycles. The van der Waals surface area contributed by atoms with E-state index < -0.39 is 0 Å². The van der Waals surface area contributed by atoms with Gasteiger partial charge in [-0.2, -0.15) is 0 Å². The molecule has 0 bridgehead atoms. The van der Waals surface area contributed by atoms with Gasteiger partial charge in [0.15, 0.2) is 0 Å². The third-order valence-electron chi connectivity index (χ3n) is 3.32. The van der Waals surface area contributed by atoms with E-state index >= 15 is 0 Å². The average molecular weight is 251 g/mol. The van der Waals surface area contributed by atoms with Gasteiger partial charge < -0.3 is 10.1 Å². The maximum atomic E-state index is 13.3. The van der Waals surface area contributed by atoms with Gasteiger partial charge in [0.05, 0.1) is 0 Å². The van der Waals surface area contributed by atoms with Crippen LogP contribution in [0.2, 0.25) is 0 Å². The van der Waals surface area contributed by atoms with Crippen molar-refractivity contribution in [2.75, 3.05) is 6.54 Å². The van der Waals surface area contributed by atoms with Gasteiger partial charge in [-0.25, -0.2) is 4.39 Å². The van der Waals surface area contributed by atoms with Crippen molar-refractivity contribution >= 4 is 0 Å². The van der Waals surface area contributed by atoms with Crippen molar-refractivity contribution in [2.45, 2.75) is 45.8 Å². The minimum absolute atomic E-state index is 0.192. The summed E-state index contributed by atoms with van der Waals surface area (Å²) in [6, 6.07) is 5.02. The second-order valence-electron chi connectivity index (χ2n) is 5.40. The first-order chi connectivity index (χ1) is 8.60. The predicted molar refractivity (Wildman–Crippen MR) is 71.3 cm³/mol. The van der Waals surface area contributed by atoms with E-state index in [2.05, 4.69) is 26.1 Å². The lowest BCUT2D eigenvalue weighted by Gasteiger charge is -2.33. The number of hydrogen-bond acceptors (Lipinski definition) is 2. The van der Waals surface area contributed by atoms with Crippen LogP contribution in [0.5, 0.6) is 5.75 Å². The molecule has 1 heterocycles. The zero-order valence-electron chi connectivity index (χ0n) is 11.4. The van der Waals surface area contributed by atoms with Crippen LogP contribution < -0.4 is 10.1 Å². The van der Waals surface area contributed by atoms with E-state index in [1.165, 1.54) is 6.07 Å². The standard InChI is InChI=1S/C15H22FNO/c1-4-17-14-9-12(7-10(2)3)18-15-6-5-11(16)8-13(14)15/h5-6,8,10,12,14,17H,4,7,9H2,1-3H3. The first kappa shape index (κ1) is 13.3. The number of ether oxygens (including phenoxy) is 1. The number of fused-ring (bicyclic) bond motifs is 1. The highest BCUT2D eigenvalue weighted by molar-refractivity contribution is 5.38. The van der Waals surface area contributed by atoms with Gasteiger partial charge in [-0.15, -0.1) is 0 Å². The number of nitrogens with one attached hydrogen (secondary N) is 1. The highest BCUT2D eigenvalue weighted by Crippen LogP contribution is 2.36. The fraction of sp³-hybridized carbons (Fsp3) is 0.600. The van der Waals surface area contributed by atoms with Gasteiger partial charge in [0.1, 0.15) is 17.7 Å². The first-order valence-corrected chi connectivity index (χ1v) is 6.79. The highest BCUT2D eigenvalue weighted by atomic mass is 19.1. The van der Waals surface area contributed by atoms with Crippen molar-refractivity contribution in [2.24, 2.45) is 5.92 Å². The van der Waals surface area contributed by atoms with Crippen molar-refractivity contribution in [3.63, 3.8) is 0 Å². The molecule has 1 aromatic carbocycles. The minimum atomic E-state index is -0.192. The maximum Gasteiger partial charge on any atom is 0.124 e. The zero-order valence-corrected chi connectivity index (χ0v) is 11.4. The SMILES string of the molecule is CCNC1CC(CC(C)C)Oc2ccc(F)cc21. The summed E-state index contributed by atoms with van der Waals surface area (Å²) >= 11 is 0.